The van der Waals surface area contributed by atoms with Gasteiger partial charge in [-0.05, 0) is 30.7 Å². The number of aromatic nitrogens is 2. The van der Waals surface area contributed by atoms with E-state index in [0.717, 1.165) is 35.4 Å². The van der Waals surface area contributed by atoms with E-state index in [0.29, 0.717) is 5.02 Å². The molecule has 0 fully saturated rings. The Morgan fingerprint density at radius 2 is 1.95 bits per heavy atom. The van der Waals surface area contributed by atoms with Crippen molar-refractivity contribution in [3.05, 3.63) is 47.5 Å². The summed E-state index contributed by atoms with van der Waals surface area (Å²) >= 11 is 6.32. The number of fused-ring (bicyclic) bond motifs is 1. The number of phenols is 1. The summed E-state index contributed by atoms with van der Waals surface area (Å²) in [7, 11) is 0. The Bertz CT molecular complexity index is 764. The Balaban J connectivity index is 2.33. The molecule has 0 amide bonds. The highest BCUT2D eigenvalue weighted by Gasteiger charge is 2.16. The van der Waals surface area contributed by atoms with Gasteiger partial charge in [0.15, 0.2) is 0 Å². The fourth-order valence-corrected chi connectivity index (χ4v) is 2.72. The fourth-order valence-electron chi connectivity index (χ4n) is 2.45. The number of aryl methyl sites for hydroxylation is 1. The number of imidazole rings is 1. The maximum absolute atomic E-state index is 10.1. The molecule has 0 unspecified atom stereocenters. The fraction of sp³-hybridized carbons (Fsp3) is 0.188. The smallest absolute Gasteiger partial charge is 0.144 e. The Kier molecular flexibility index (Phi) is 3.36. The van der Waals surface area contributed by atoms with E-state index in [1.807, 2.05) is 30.3 Å². The first-order valence-corrected chi connectivity index (χ1v) is 7.03. The monoisotopic (exact) mass is 286 g/mol. The SMILES string of the molecule is CCCn1c(-c2ccccc2O)nc2cccc(Cl)c21. The van der Waals surface area contributed by atoms with Crippen LogP contribution in [0.5, 0.6) is 5.75 Å². The predicted molar refractivity (Wildman–Crippen MR) is 82.1 cm³/mol. The van der Waals surface area contributed by atoms with E-state index in [-0.39, 0.29) is 5.75 Å². The van der Waals surface area contributed by atoms with Gasteiger partial charge in [-0.2, -0.15) is 0 Å². The van der Waals surface area contributed by atoms with Gasteiger partial charge in [0.05, 0.1) is 21.6 Å². The van der Waals surface area contributed by atoms with Crippen LogP contribution in [0.25, 0.3) is 22.4 Å². The van der Waals surface area contributed by atoms with E-state index in [2.05, 4.69) is 16.5 Å². The molecule has 0 bridgehead atoms. The lowest BCUT2D eigenvalue weighted by atomic mass is 10.2. The molecular weight excluding hydrogens is 272 g/mol. The summed E-state index contributed by atoms with van der Waals surface area (Å²) in [5.41, 5.74) is 2.51. The van der Waals surface area contributed by atoms with Gasteiger partial charge in [-0.15, -0.1) is 0 Å². The summed E-state index contributed by atoms with van der Waals surface area (Å²) in [6, 6.07) is 12.9. The van der Waals surface area contributed by atoms with Gasteiger partial charge in [0, 0.05) is 6.54 Å². The van der Waals surface area contributed by atoms with Gasteiger partial charge in [0.2, 0.25) is 0 Å². The van der Waals surface area contributed by atoms with Crippen LogP contribution in [0.4, 0.5) is 0 Å². The van der Waals surface area contributed by atoms with Crippen LogP contribution >= 0.6 is 11.6 Å². The number of rotatable bonds is 3. The zero-order valence-corrected chi connectivity index (χ0v) is 11.9. The second-order valence-electron chi connectivity index (χ2n) is 4.71. The van der Waals surface area contributed by atoms with Crippen LogP contribution in [-0.4, -0.2) is 14.7 Å². The van der Waals surface area contributed by atoms with Gasteiger partial charge < -0.3 is 9.67 Å². The predicted octanol–water partition coefficient (Wildman–Crippen LogP) is 4.47. The van der Waals surface area contributed by atoms with E-state index in [1.165, 1.54) is 0 Å². The third kappa shape index (κ3) is 2.04. The molecule has 0 aliphatic carbocycles. The molecule has 0 saturated carbocycles. The minimum Gasteiger partial charge on any atom is -0.507 e. The molecule has 3 nitrogen and oxygen atoms in total. The summed E-state index contributed by atoms with van der Waals surface area (Å²) in [6.45, 7) is 2.92. The summed E-state index contributed by atoms with van der Waals surface area (Å²) < 4.78 is 2.08. The molecule has 1 heterocycles. The first-order chi connectivity index (χ1) is 9.72. The lowest BCUT2D eigenvalue weighted by molar-refractivity contribution is 0.476. The number of hydrogen-bond acceptors (Lipinski definition) is 2. The molecule has 0 atom stereocenters. The average molecular weight is 287 g/mol. The maximum atomic E-state index is 10.1. The molecule has 2 aromatic carbocycles. The second-order valence-corrected chi connectivity index (χ2v) is 5.12. The maximum Gasteiger partial charge on any atom is 0.144 e. The van der Waals surface area contributed by atoms with Gasteiger partial charge in [0.1, 0.15) is 11.6 Å². The largest absolute Gasteiger partial charge is 0.507 e. The van der Waals surface area contributed by atoms with Crippen LogP contribution in [-0.2, 0) is 6.54 Å². The summed E-state index contributed by atoms with van der Waals surface area (Å²) in [5.74, 6) is 0.990. The summed E-state index contributed by atoms with van der Waals surface area (Å²) in [6.07, 6.45) is 0.970. The number of para-hydroxylation sites is 2. The van der Waals surface area contributed by atoms with E-state index < -0.39 is 0 Å². The minimum absolute atomic E-state index is 0.233. The third-order valence-corrected chi connectivity index (χ3v) is 3.61. The average Bonchev–Trinajstić information content (AvgIpc) is 2.80. The molecule has 0 aliphatic heterocycles. The quantitative estimate of drug-likeness (QED) is 0.771. The van der Waals surface area contributed by atoms with E-state index in [4.69, 9.17) is 11.6 Å². The Hall–Kier alpha value is -2.00. The van der Waals surface area contributed by atoms with Gasteiger partial charge in [-0.25, -0.2) is 4.98 Å². The van der Waals surface area contributed by atoms with Crippen molar-refractivity contribution in [2.24, 2.45) is 0 Å². The number of benzene rings is 2. The number of nitrogens with zero attached hydrogens (tertiary/aromatic N) is 2. The van der Waals surface area contributed by atoms with Crippen molar-refractivity contribution < 1.29 is 5.11 Å². The van der Waals surface area contributed by atoms with Crippen LogP contribution in [0.2, 0.25) is 5.02 Å². The van der Waals surface area contributed by atoms with E-state index in [1.54, 1.807) is 12.1 Å². The zero-order valence-electron chi connectivity index (χ0n) is 11.2. The highest BCUT2D eigenvalue weighted by atomic mass is 35.5. The molecule has 3 aromatic rings. The number of phenolic OH excluding ortho intramolecular Hbond substituents is 1. The van der Waals surface area contributed by atoms with Gasteiger partial charge in [0.25, 0.3) is 0 Å². The third-order valence-electron chi connectivity index (χ3n) is 3.31. The lowest BCUT2D eigenvalue weighted by Gasteiger charge is -2.09. The molecule has 0 saturated heterocycles. The second kappa shape index (κ2) is 5.17. The molecule has 0 spiro atoms. The van der Waals surface area contributed by atoms with E-state index >= 15 is 0 Å². The van der Waals surface area contributed by atoms with Crippen LogP contribution < -0.4 is 0 Å². The summed E-state index contributed by atoms with van der Waals surface area (Å²) in [5, 5.41) is 10.8. The Morgan fingerprint density at radius 3 is 2.70 bits per heavy atom. The van der Waals surface area contributed by atoms with Crippen LogP contribution in [0, 0.1) is 0 Å². The van der Waals surface area contributed by atoms with Gasteiger partial charge in [-0.3, -0.25) is 0 Å². The molecule has 102 valence electrons. The van der Waals surface area contributed by atoms with Crippen molar-refractivity contribution in [3.8, 4) is 17.1 Å². The van der Waals surface area contributed by atoms with Crippen LogP contribution in [0.1, 0.15) is 13.3 Å². The zero-order chi connectivity index (χ0) is 14.1. The first kappa shape index (κ1) is 13.0. The van der Waals surface area contributed by atoms with Gasteiger partial charge in [-0.1, -0.05) is 36.7 Å². The van der Waals surface area contributed by atoms with Crippen molar-refractivity contribution in [3.63, 3.8) is 0 Å². The summed E-state index contributed by atoms with van der Waals surface area (Å²) in [4.78, 5) is 4.64. The standard InChI is InChI=1S/C16H15ClN2O/c1-2-10-19-15-12(17)7-5-8-13(15)18-16(19)11-6-3-4-9-14(11)20/h3-9,20H,2,10H2,1H3. The molecule has 3 rings (SSSR count). The van der Waals surface area contributed by atoms with Crippen molar-refractivity contribution in [2.45, 2.75) is 19.9 Å². The number of aromatic hydroxyl groups is 1. The highest BCUT2D eigenvalue weighted by Crippen LogP contribution is 2.33. The molecule has 0 radical (unpaired) electrons. The highest BCUT2D eigenvalue weighted by molar-refractivity contribution is 6.35. The minimum atomic E-state index is 0.233. The Morgan fingerprint density at radius 1 is 1.15 bits per heavy atom. The molecule has 4 heteroatoms. The van der Waals surface area contributed by atoms with Crippen LogP contribution in [0.3, 0.4) is 0 Å². The Labute approximate surface area is 122 Å². The number of hydrogen-bond donors (Lipinski definition) is 1. The molecule has 1 N–H and O–H groups in total. The molecule has 1 aromatic heterocycles. The normalized spacial score (nSPS) is 11.1. The molecular formula is C16H15ClN2O. The van der Waals surface area contributed by atoms with Crippen molar-refractivity contribution >= 4 is 22.6 Å². The van der Waals surface area contributed by atoms with E-state index in [9.17, 15) is 5.11 Å². The number of halogens is 1. The van der Waals surface area contributed by atoms with Crippen molar-refractivity contribution in [1.82, 2.24) is 9.55 Å². The molecule has 20 heavy (non-hydrogen) atoms. The van der Waals surface area contributed by atoms with Crippen LogP contribution in [0.15, 0.2) is 42.5 Å². The molecule has 0 aliphatic rings. The first-order valence-electron chi connectivity index (χ1n) is 6.65. The van der Waals surface area contributed by atoms with Crippen molar-refractivity contribution in [1.29, 1.82) is 0 Å². The van der Waals surface area contributed by atoms with Crippen molar-refractivity contribution in [2.75, 3.05) is 0 Å². The van der Waals surface area contributed by atoms with Gasteiger partial charge >= 0.3 is 0 Å². The lowest BCUT2D eigenvalue weighted by Crippen LogP contribution is -2.00. The topological polar surface area (TPSA) is 38.0 Å².